The van der Waals surface area contributed by atoms with Gasteiger partial charge in [0.25, 0.3) is 0 Å². The van der Waals surface area contributed by atoms with Crippen molar-refractivity contribution < 1.29 is 13.5 Å². The van der Waals surface area contributed by atoms with Crippen molar-refractivity contribution in [3.05, 3.63) is 35.4 Å². The first kappa shape index (κ1) is 13.4. The molecule has 0 aliphatic rings. The summed E-state index contributed by atoms with van der Waals surface area (Å²) in [6, 6.07) is 3.94. The number of hydrogen-bond acceptors (Lipinski definition) is 2. The molecule has 0 radical (unpaired) electrons. The second-order valence-electron chi connectivity index (χ2n) is 3.21. The van der Waals surface area contributed by atoms with Crippen molar-refractivity contribution in [1.29, 1.82) is 0 Å². The van der Waals surface area contributed by atoms with Crippen molar-refractivity contribution in [2.24, 2.45) is 0 Å². The van der Waals surface area contributed by atoms with Gasteiger partial charge in [0.2, 0.25) is 5.88 Å². The topological polar surface area (TPSA) is 22.1 Å². The van der Waals surface area contributed by atoms with Gasteiger partial charge in [-0.15, -0.1) is 0 Å². The number of rotatable bonds is 1. The maximum atomic E-state index is 13.3. The quantitative estimate of drug-likeness (QED) is 0.754. The molecule has 1 aromatic carbocycles. The fourth-order valence-electron chi connectivity index (χ4n) is 1.44. The van der Waals surface area contributed by atoms with Crippen LogP contribution in [0.2, 0.25) is 0 Å². The van der Waals surface area contributed by atoms with Crippen LogP contribution in [0.1, 0.15) is 19.4 Å². The maximum Gasteiger partial charge on any atom is 0.213 e. The Labute approximate surface area is 99.2 Å². The summed E-state index contributed by atoms with van der Waals surface area (Å²) < 4.78 is 31.5. The molecule has 0 aliphatic heterocycles. The van der Waals surface area contributed by atoms with Crippen LogP contribution in [-0.4, -0.2) is 12.1 Å². The minimum atomic E-state index is -0.608. The molecule has 2 aromatic rings. The lowest BCUT2D eigenvalue weighted by molar-refractivity contribution is 0.399. The van der Waals surface area contributed by atoms with Crippen molar-refractivity contribution in [2.45, 2.75) is 20.8 Å². The highest BCUT2D eigenvalue weighted by Crippen LogP contribution is 2.24. The van der Waals surface area contributed by atoms with E-state index < -0.39 is 11.6 Å². The number of fused-ring (bicyclic) bond motifs is 1. The van der Waals surface area contributed by atoms with Crippen LogP contribution in [-0.2, 0) is 0 Å². The van der Waals surface area contributed by atoms with Gasteiger partial charge in [0.1, 0.15) is 11.6 Å². The Balaban J connectivity index is 0.000000686. The van der Waals surface area contributed by atoms with Crippen LogP contribution in [0.3, 0.4) is 0 Å². The largest absolute Gasteiger partial charge is 0.481 e. The fraction of sp³-hybridized carbons (Fsp3) is 0.308. The highest BCUT2D eigenvalue weighted by atomic mass is 19.1. The number of methoxy groups -OCH3 is 1. The number of benzene rings is 1. The predicted octanol–water partition coefficient (Wildman–Crippen LogP) is 3.86. The van der Waals surface area contributed by atoms with Gasteiger partial charge >= 0.3 is 0 Å². The van der Waals surface area contributed by atoms with E-state index in [0.29, 0.717) is 22.3 Å². The summed E-state index contributed by atoms with van der Waals surface area (Å²) in [5.74, 6) is -0.861. The molecule has 0 aliphatic carbocycles. The third-order valence-corrected chi connectivity index (χ3v) is 2.30. The number of pyridine rings is 1. The van der Waals surface area contributed by atoms with E-state index in [1.165, 1.54) is 13.2 Å². The lowest BCUT2D eigenvalue weighted by atomic mass is 10.1. The van der Waals surface area contributed by atoms with Crippen molar-refractivity contribution in [3.63, 3.8) is 0 Å². The average molecular weight is 239 g/mol. The molecule has 1 heterocycles. The van der Waals surface area contributed by atoms with Gasteiger partial charge < -0.3 is 4.74 Å². The van der Waals surface area contributed by atoms with Gasteiger partial charge in [-0.1, -0.05) is 13.8 Å². The van der Waals surface area contributed by atoms with Crippen LogP contribution in [0.4, 0.5) is 8.78 Å². The SMILES string of the molecule is CC.COc1ccc2c(F)cc(F)c(C)c2n1. The molecule has 0 spiro atoms. The standard InChI is InChI=1S/C11H9F2NO.C2H6/c1-6-8(12)5-9(13)7-3-4-10(15-2)14-11(6)7;1-2/h3-5H,1-2H3;1-2H3. The van der Waals surface area contributed by atoms with Gasteiger partial charge in [0, 0.05) is 23.1 Å². The summed E-state index contributed by atoms with van der Waals surface area (Å²) in [6.07, 6.45) is 0. The number of ether oxygens (including phenoxy) is 1. The van der Waals surface area contributed by atoms with Crippen LogP contribution >= 0.6 is 0 Å². The third kappa shape index (κ3) is 2.52. The maximum absolute atomic E-state index is 13.3. The summed E-state index contributed by atoms with van der Waals surface area (Å²) in [7, 11) is 1.46. The van der Waals surface area contributed by atoms with Crippen molar-refractivity contribution >= 4 is 10.9 Å². The normalized spacial score (nSPS) is 9.76. The highest BCUT2D eigenvalue weighted by Gasteiger charge is 2.10. The smallest absolute Gasteiger partial charge is 0.213 e. The zero-order chi connectivity index (χ0) is 13.0. The second-order valence-corrected chi connectivity index (χ2v) is 3.21. The van der Waals surface area contributed by atoms with Gasteiger partial charge in [-0.25, -0.2) is 13.8 Å². The number of halogens is 2. The number of nitrogens with zero attached hydrogens (tertiary/aromatic N) is 1. The predicted molar refractivity (Wildman–Crippen MR) is 64.3 cm³/mol. The van der Waals surface area contributed by atoms with Gasteiger partial charge in [-0.3, -0.25) is 0 Å². The summed E-state index contributed by atoms with van der Waals surface area (Å²) in [5.41, 5.74) is 0.622. The summed E-state index contributed by atoms with van der Waals surface area (Å²) in [6.45, 7) is 5.56. The molecule has 0 saturated heterocycles. The third-order valence-electron chi connectivity index (χ3n) is 2.30. The van der Waals surface area contributed by atoms with E-state index >= 15 is 0 Å². The van der Waals surface area contributed by atoms with Crippen LogP contribution in [0.5, 0.6) is 5.88 Å². The Kier molecular flexibility index (Phi) is 4.37. The van der Waals surface area contributed by atoms with Gasteiger partial charge in [-0.2, -0.15) is 0 Å². The Morgan fingerprint density at radius 2 is 1.76 bits per heavy atom. The average Bonchev–Trinajstić information content (AvgIpc) is 2.38. The molecule has 17 heavy (non-hydrogen) atoms. The van der Waals surface area contributed by atoms with Crippen LogP contribution in [0.15, 0.2) is 18.2 Å². The van der Waals surface area contributed by atoms with Crippen LogP contribution in [0, 0.1) is 18.6 Å². The molecule has 0 N–H and O–H groups in total. The van der Waals surface area contributed by atoms with Crippen LogP contribution < -0.4 is 4.74 Å². The minimum absolute atomic E-state index is 0.298. The van der Waals surface area contributed by atoms with E-state index in [4.69, 9.17) is 4.74 Å². The molecule has 0 atom stereocenters. The summed E-state index contributed by atoms with van der Waals surface area (Å²) in [4.78, 5) is 4.01. The molecule has 4 heteroatoms. The zero-order valence-electron chi connectivity index (χ0n) is 10.3. The first-order valence-corrected chi connectivity index (χ1v) is 5.43. The minimum Gasteiger partial charge on any atom is -0.481 e. The van der Waals surface area contributed by atoms with E-state index in [-0.39, 0.29) is 0 Å². The number of aryl methyl sites for hydroxylation is 1. The van der Waals surface area contributed by atoms with E-state index in [2.05, 4.69) is 4.98 Å². The van der Waals surface area contributed by atoms with E-state index in [1.807, 2.05) is 13.8 Å². The Morgan fingerprint density at radius 1 is 1.12 bits per heavy atom. The highest BCUT2D eigenvalue weighted by molar-refractivity contribution is 5.83. The molecule has 0 saturated carbocycles. The molecule has 2 rings (SSSR count). The summed E-state index contributed by atoms with van der Waals surface area (Å²) in [5, 5.41) is 0.301. The lowest BCUT2D eigenvalue weighted by Gasteiger charge is -2.05. The molecule has 0 amide bonds. The van der Waals surface area contributed by atoms with Crippen molar-refractivity contribution in [2.75, 3.05) is 7.11 Å². The Bertz CT molecular complexity index is 526. The van der Waals surface area contributed by atoms with Gasteiger partial charge in [-0.05, 0) is 13.0 Å². The molecule has 0 fully saturated rings. The number of aromatic nitrogens is 1. The molecule has 0 bridgehead atoms. The molecule has 92 valence electrons. The van der Waals surface area contributed by atoms with E-state index in [1.54, 1.807) is 13.0 Å². The molecule has 0 unspecified atom stereocenters. The molecule has 1 aromatic heterocycles. The Morgan fingerprint density at radius 3 is 2.35 bits per heavy atom. The first-order valence-electron chi connectivity index (χ1n) is 5.43. The fourth-order valence-corrected chi connectivity index (χ4v) is 1.44. The lowest BCUT2D eigenvalue weighted by Crippen LogP contribution is -1.94. The van der Waals surface area contributed by atoms with Crippen LogP contribution in [0.25, 0.3) is 10.9 Å². The van der Waals surface area contributed by atoms with E-state index in [9.17, 15) is 8.78 Å². The molecular formula is C13H15F2NO. The van der Waals surface area contributed by atoms with E-state index in [0.717, 1.165) is 6.07 Å². The van der Waals surface area contributed by atoms with Crippen molar-refractivity contribution in [1.82, 2.24) is 4.98 Å². The molecule has 2 nitrogen and oxygen atoms in total. The second kappa shape index (κ2) is 5.57. The molecular weight excluding hydrogens is 224 g/mol. The number of hydrogen-bond donors (Lipinski definition) is 0. The Hall–Kier alpha value is -1.71. The van der Waals surface area contributed by atoms with Gasteiger partial charge in [0.15, 0.2) is 0 Å². The first-order chi connectivity index (χ1) is 8.13. The monoisotopic (exact) mass is 239 g/mol. The summed E-state index contributed by atoms with van der Waals surface area (Å²) >= 11 is 0. The van der Waals surface area contributed by atoms with Gasteiger partial charge in [0.05, 0.1) is 12.6 Å². The van der Waals surface area contributed by atoms with Crippen molar-refractivity contribution in [3.8, 4) is 5.88 Å². The zero-order valence-corrected chi connectivity index (χ0v) is 10.3.